The molecule has 1 aliphatic rings. The molecule has 0 radical (unpaired) electrons. The Bertz CT molecular complexity index is 468. The quantitative estimate of drug-likeness (QED) is 0.898. The molecule has 1 aromatic heterocycles. The van der Waals surface area contributed by atoms with Crippen LogP contribution in [0.3, 0.4) is 0 Å². The minimum absolute atomic E-state index is 0.284. The third-order valence-electron chi connectivity index (χ3n) is 3.87. The molecule has 5 heteroatoms. The van der Waals surface area contributed by atoms with Crippen LogP contribution in [0.4, 0.5) is 5.69 Å². The Morgan fingerprint density at radius 3 is 2.68 bits per heavy atom. The lowest BCUT2D eigenvalue weighted by Crippen LogP contribution is -2.42. The zero-order valence-electron chi connectivity index (χ0n) is 11.8. The van der Waals surface area contributed by atoms with Crippen molar-refractivity contribution in [2.45, 2.75) is 25.8 Å². The maximum absolute atomic E-state index is 11.3. The zero-order valence-corrected chi connectivity index (χ0v) is 11.8. The highest BCUT2D eigenvalue weighted by atomic mass is 16.4. The van der Waals surface area contributed by atoms with E-state index in [4.69, 9.17) is 0 Å². The molecule has 0 aliphatic carbocycles. The maximum atomic E-state index is 11.3. The Hall–Kier alpha value is -1.62. The molecule has 104 valence electrons. The fraction of sp³-hybridized carbons (Fsp3) is 0.571. The molecule has 2 heterocycles. The summed E-state index contributed by atoms with van der Waals surface area (Å²) in [5.74, 6) is -0.915. The molecule has 0 amide bonds. The average molecular weight is 263 g/mol. The third kappa shape index (κ3) is 3.04. The Labute approximate surface area is 113 Å². The fourth-order valence-electron chi connectivity index (χ4n) is 2.58. The van der Waals surface area contributed by atoms with Crippen molar-refractivity contribution in [2.24, 2.45) is 0 Å². The summed E-state index contributed by atoms with van der Waals surface area (Å²) in [7, 11) is 4.10. The van der Waals surface area contributed by atoms with Crippen molar-refractivity contribution in [2.75, 3.05) is 32.1 Å². The number of likely N-dealkylation sites (tertiary alicyclic amines) is 1. The van der Waals surface area contributed by atoms with E-state index in [1.54, 1.807) is 0 Å². The summed E-state index contributed by atoms with van der Waals surface area (Å²) < 4.78 is 0. The van der Waals surface area contributed by atoms with Gasteiger partial charge in [-0.15, -0.1) is 0 Å². The van der Waals surface area contributed by atoms with Crippen LogP contribution < -0.4 is 4.90 Å². The molecule has 1 aliphatic heterocycles. The Morgan fingerprint density at radius 1 is 1.47 bits per heavy atom. The first-order valence-corrected chi connectivity index (χ1v) is 6.60. The summed E-state index contributed by atoms with van der Waals surface area (Å²) in [4.78, 5) is 19.8. The number of aryl methyl sites for hydroxylation is 1. The number of hydrogen-bond donors (Lipinski definition) is 1. The van der Waals surface area contributed by atoms with E-state index in [1.807, 2.05) is 20.0 Å². The van der Waals surface area contributed by atoms with E-state index in [9.17, 15) is 9.90 Å². The summed E-state index contributed by atoms with van der Waals surface area (Å²) in [5.41, 5.74) is 1.90. The largest absolute Gasteiger partial charge is 0.478 e. The van der Waals surface area contributed by atoms with Crippen molar-refractivity contribution < 1.29 is 9.90 Å². The fourth-order valence-corrected chi connectivity index (χ4v) is 2.58. The van der Waals surface area contributed by atoms with E-state index in [2.05, 4.69) is 21.8 Å². The van der Waals surface area contributed by atoms with Crippen molar-refractivity contribution in [3.05, 3.63) is 23.5 Å². The number of rotatable bonds is 3. The van der Waals surface area contributed by atoms with E-state index < -0.39 is 5.97 Å². The Balaban J connectivity index is 2.25. The van der Waals surface area contributed by atoms with Gasteiger partial charge in [-0.05, 0) is 46.0 Å². The molecule has 0 unspecified atom stereocenters. The average Bonchev–Trinajstić information content (AvgIpc) is 2.38. The molecule has 1 fully saturated rings. The second-order valence-corrected chi connectivity index (χ2v) is 5.29. The number of carboxylic acid groups (broad SMARTS) is 1. The summed E-state index contributed by atoms with van der Waals surface area (Å²) in [6, 6.07) is 2.26. The van der Waals surface area contributed by atoms with Gasteiger partial charge in [-0.25, -0.2) is 4.79 Å². The second kappa shape index (κ2) is 5.57. The second-order valence-electron chi connectivity index (χ2n) is 5.29. The highest BCUT2D eigenvalue weighted by molar-refractivity contribution is 5.94. The van der Waals surface area contributed by atoms with Gasteiger partial charge >= 0.3 is 5.97 Å². The molecule has 0 aromatic carbocycles. The molecule has 5 nitrogen and oxygen atoms in total. The maximum Gasteiger partial charge on any atom is 0.339 e. The van der Waals surface area contributed by atoms with Crippen molar-refractivity contribution in [1.82, 2.24) is 9.88 Å². The minimum Gasteiger partial charge on any atom is -0.478 e. The highest BCUT2D eigenvalue weighted by Crippen LogP contribution is 2.25. The van der Waals surface area contributed by atoms with Crippen LogP contribution >= 0.6 is 0 Å². The molecule has 0 atom stereocenters. The smallest absolute Gasteiger partial charge is 0.339 e. The van der Waals surface area contributed by atoms with Gasteiger partial charge in [0.1, 0.15) is 5.56 Å². The van der Waals surface area contributed by atoms with Gasteiger partial charge in [-0.3, -0.25) is 4.98 Å². The molecular weight excluding hydrogens is 242 g/mol. The van der Waals surface area contributed by atoms with Crippen molar-refractivity contribution in [3.63, 3.8) is 0 Å². The molecule has 0 spiro atoms. The van der Waals surface area contributed by atoms with Crippen LogP contribution in [0.1, 0.15) is 28.9 Å². The van der Waals surface area contributed by atoms with Crippen LogP contribution in [-0.2, 0) is 0 Å². The van der Waals surface area contributed by atoms with Gasteiger partial charge in [0, 0.05) is 25.0 Å². The summed E-state index contributed by atoms with van der Waals surface area (Å²) in [6.45, 7) is 4.00. The topological polar surface area (TPSA) is 56.7 Å². The number of carboxylic acids is 1. The number of aromatic nitrogens is 1. The Morgan fingerprint density at radius 2 is 2.11 bits per heavy atom. The third-order valence-corrected chi connectivity index (χ3v) is 3.87. The van der Waals surface area contributed by atoms with Crippen LogP contribution in [0.5, 0.6) is 0 Å². The number of hydrogen-bond acceptors (Lipinski definition) is 4. The molecule has 1 aromatic rings. The zero-order chi connectivity index (χ0) is 14.0. The van der Waals surface area contributed by atoms with Gasteiger partial charge in [0.2, 0.25) is 0 Å². The van der Waals surface area contributed by atoms with Crippen molar-refractivity contribution >= 4 is 11.7 Å². The first-order chi connectivity index (χ1) is 8.99. The van der Waals surface area contributed by atoms with E-state index in [-0.39, 0.29) is 5.56 Å². The van der Waals surface area contributed by atoms with Gasteiger partial charge < -0.3 is 14.9 Å². The van der Waals surface area contributed by atoms with E-state index in [1.165, 1.54) is 6.20 Å². The predicted molar refractivity (Wildman–Crippen MR) is 74.9 cm³/mol. The van der Waals surface area contributed by atoms with Crippen LogP contribution in [0.15, 0.2) is 12.3 Å². The number of carbonyl (C=O) groups is 1. The monoisotopic (exact) mass is 263 g/mol. The summed E-state index contributed by atoms with van der Waals surface area (Å²) in [5, 5.41) is 9.27. The summed E-state index contributed by atoms with van der Waals surface area (Å²) in [6.07, 6.45) is 3.58. The van der Waals surface area contributed by atoms with Gasteiger partial charge in [-0.1, -0.05) is 0 Å². The molecule has 19 heavy (non-hydrogen) atoms. The Kier molecular flexibility index (Phi) is 4.04. The molecule has 0 bridgehead atoms. The van der Waals surface area contributed by atoms with Gasteiger partial charge in [-0.2, -0.15) is 0 Å². The molecular formula is C14H21N3O2. The lowest BCUT2D eigenvalue weighted by atomic mass is 10.0. The normalized spacial score (nSPS) is 17.4. The van der Waals surface area contributed by atoms with Crippen molar-refractivity contribution in [1.29, 1.82) is 0 Å². The SMILES string of the molecule is Cc1cc(N(C)C2CCN(C)CC2)c(C(=O)O)cn1. The first-order valence-electron chi connectivity index (χ1n) is 6.60. The van der Waals surface area contributed by atoms with Gasteiger partial charge in [0.25, 0.3) is 0 Å². The molecule has 1 saturated heterocycles. The molecule has 1 N–H and O–H groups in total. The van der Waals surface area contributed by atoms with Gasteiger partial charge in [0.15, 0.2) is 0 Å². The van der Waals surface area contributed by atoms with Crippen LogP contribution in [0.25, 0.3) is 0 Å². The molecule has 2 rings (SSSR count). The lowest BCUT2D eigenvalue weighted by molar-refractivity contribution is 0.0697. The number of nitrogens with zero attached hydrogens (tertiary/aromatic N) is 3. The van der Waals surface area contributed by atoms with Crippen molar-refractivity contribution in [3.8, 4) is 0 Å². The van der Waals surface area contributed by atoms with Crippen LogP contribution in [-0.4, -0.2) is 54.2 Å². The number of aromatic carboxylic acids is 1. The number of pyridine rings is 1. The predicted octanol–water partition coefficient (Wildman–Crippen LogP) is 1.62. The number of anilines is 1. The number of piperidine rings is 1. The van der Waals surface area contributed by atoms with Crippen LogP contribution in [0.2, 0.25) is 0 Å². The lowest BCUT2D eigenvalue weighted by Gasteiger charge is -2.36. The van der Waals surface area contributed by atoms with Gasteiger partial charge in [0.05, 0.1) is 5.69 Å². The molecule has 0 saturated carbocycles. The first kappa shape index (κ1) is 13.8. The van der Waals surface area contributed by atoms with E-state index >= 15 is 0 Å². The highest BCUT2D eigenvalue weighted by Gasteiger charge is 2.24. The summed E-state index contributed by atoms with van der Waals surface area (Å²) >= 11 is 0. The standard InChI is InChI=1S/C14H21N3O2/c1-10-8-13(12(9-15-10)14(18)19)17(3)11-4-6-16(2)7-5-11/h8-9,11H,4-7H2,1-3H3,(H,18,19). The minimum atomic E-state index is -0.915. The van der Waals surface area contributed by atoms with E-state index in [0.717, 1.165) is 37.3 Å². The van der Waals surface area contributed by atoms with E-state index in [0.29, 0.717) is 6.04 Å². The van der Waals surface area contributed by atoms with Crippen LogP contribution in [0, 0.1) is 6.92 Å².